The average molecular weight is 265 g/mol. The molecule has 0 amide bonds. The molecule has 98 valence electrons. The molecule has 18 heavy (non-hydrogen) atoms. The lowest BCUT2D eigenvalue weighted by atomic mass is 10.0. The Balaban J connectivity index is 2.15. The number of nitrogens with zero attached hydrogens (tertiary/aromatic N) is 1. The third kappa shape index (κ3) is 3.40. The molecule has 1 aliphatic rings. The maximum Gasteiger partial charge on any atom is 0.0924 e. The van der Waals surface area contributed by atoms with Gasteiger partial charge in [0.1, 0.15) is 0 Å². The Bertz CT molecular complexity index is 425. The molecule has 1 aromatic rings. The summed E-state index contributed by atoms with van der Waals surface area (Å²) < 4.78 is 11.4. The summed E-state index contributed by atoms with van der Waals surface area (Å²) in [4.78, 5) is 2.29. The van der Waals surface area contributed by atoms with Gasteiger partial charge < -0.3 is 5.73 Å². The van der Waals surface area contributed by atoms with Crippen molar-refractivity contribution >= 4 is 16.6 Å². The molecule has 1 saturated heterocycles. The van der Waals surface area contributed by atoms with Gasteiger partial charge in [0.05, 0.1) is 5.84 Å². The Morgan fingerprint density at radius 1 is 1.33 bits per heavy atom. The molecule has 0 bridgehead atoms. The van der Waals surface area contributed by atoms with Gasteiger partial charge in [-0.15, -0.1) is 0 Å². The van der Waals surface area contributed by atoms with Gasteiger partial charge in [-0.1, -0.05) is 30.3 Å². The van der Waals surface area contributed by atoms with E-state index < -0.39 is 10.8 Å². The highest BCUT2D eigenvalue weighted by atomic mass is 32.2. The van der Waals surface area contributed by atoms with Gasteiger partial charge >= 0.3 is 0 Å². The molecule has 1 atom stereocenters. The van der Waals surface area contributed by atoms with Crippen molar-refractivity contribution in [3.8, 4) is 0 Å². The van der Waals surface area contributed by atoms with Crippen molar-refractivity contribution in [3.05, 3.63) is 35.9 Å². The van der Waals surface area contributed by atoms with Gasteiger partial charge in [0.2, 0.25) is 0 Å². The first-order valence-electron chi connectivity index (χ1n) is 6.13. The normalized spacial score (nSPS) is 19.6. The van der Waals surface area contributed by atoms with E-state index in [0.717, 1.165) is 24.6 Å². The van der Waals surface area contributed by atoms with Crippen molar-refractivity contribution in [3.63, 3.8) is 0 Å². The fourth-order valence-corrected chi connectivity index (χ4v) is 3.39. The molecule has 4 nitrogen and oxygen atoms in total. The Kier molecular flexibility index (Phi) is 4.49. The first-order valence-corrected chi connectivity index (χ1v) is 7.62. The zero-order valence-corrected chi connectivity index (χ0v) is 11.2. The lowest BCUT2D eigenvalue weighted by Crippen LogP contribution is -2.41. The van der Waals surface area contributed by atoms with Gasteiger partial charge in [-0.3, -0.25) is 14.5 Å². The predicted molar refractivity (Wildman–Crippen MR) is 75.2 cm³/mol. The molecule has 1 aliphatic heterocycles. The van der Waals surface area contributed by atoms with Crippen LogP contribution in [0.1, 0.15) is 18.0 Å². The molecule has 5 heteroatoms. The van der Waals surface area contributed by atoms with Crippen LogP contribution in [0, 0.1) is 5.41 Å². The predicted octanol–water partition coefficient (Wildman–Crippen LogP) is 1.12. The van der Waals surface area contributed by atoms with E-state index in [1.54, 1.807) is 0 Å². The Hall–Kier alpha value is -1.20. The average Bonchev–Trinajstić information content (AvgIpc) is 2.38. The smallest absolute Gasteiger partial charge is 0.0924 e. The molecule has 0 spiro atoms. The minimum Gasteiger partial charge on any atom is -0.388 e. The van der Waals surface area contributed by atoms with E-state index in [-0.39, 0.29) is 11.9 Å². The van der Waals surface area contributed by atoms with Gasteiger partial charge in [0.25, 0.3) is 0 Å². The van der Waals surface area contributed by atoms with Crippen LogP contribution in [0.2, 0.25) is 0 Å². The highest BCUT2D eigenvalue weighted by molar-refractivity contribution is 7.85. The van der Waals surface area contributed by atoms with Crippen LogP contribution in [-0.2, 0) is 10.8 Å². The summed E-state index contributed by atoms with van der Waals surface area (Å²) in [5.41, 5.74) is 6.74. The highest BCUT2D eigenvalue weighted by Crippen LogP contribution is 2.25. The first-order chi connectivity index (χ1) is 8.66. The Labute approximate surface area is 110 Å². The van der Waals surface area contributed by atoms with Crippen LogP contribution in [-0.4, -0.2) is 39.5 Å². The number of hydrogen-bond acceptors (Lipinski definition) is 3. The van der Waals surface area contributed by atoms with Crippen LogP contribution < -0.4 is 5.73 Å². The third-order valence-electron chi connectivity index (χ3n) is 3.25. The number of hydrogen-bond donors (Lipinski definition) is 2. The van der Waals surface area contributed by atoms with Gasteiger partial charge in [0.15, 0.2) is 0 Å². The summed E-state index contributed by atoms with van der Waals surface area (Å²) >= 11 is 0. The van der Waals surface area contributed by atoms with E-state index in [2.05, 4.69) is 17.0 Å². The van der Waals surface area contributed by atoms with E-state index in [1.165, 1.54) is 5.56 Å². The van der Waals surface area contributed by atoms with Crippen molar-refractivity contribution < 1.29 is 4.21 Å². The molecular weight excluding hydrogens is 246 g/mol. The summed E-state index contributed by atoms with van der Waals surface area (Å²) in [6.07, 6.45) is 0.538. The van der Waals surface area contributed by atoms with E-state index >= 15 is 0 Å². The number of rotatable bonds is 4. The topological polar surface area (TPSA) is 70.2 Å². The molecule has 0 saturated carbocycles. The summed E-state index contributed by atoms with van der Waals surface area (Å²) in [5.74, 6) is 1.65. The minimum absolute atomic E-state index is 0.140. The molecular formula is C13H19N3OS. The van der Waals surface area contributed by atoms with E-state index in [9.17, 15) is 4.21 Å². The van der Waals surface area contributed by atoms with Crippen molar-refractivity contribution in [2.75, 3.05) is 24.6 Å². The van der Waals surface area contributed by atoms with Gasteiger partial charge in [-0.05, 0) is 5.56 Å². The van der Waals surface area contributed by atoms with Crippen LogP contribution >= 0.6 is 0 Å². The lowest BCUT2D eigenvalue weighted by molar-refractivity contribution is 0.220. The second kappa shape index (κ2) is 6.11. The molecule has 1 unspecified atom stereocenters. The van der Waals surface area contributed by atoms with Crippen LogP contribution in [0.25, 0.3) is 0 Å². The van der Waals surface area contributed by atoms with Crippen LogP contribution in [0.15, 0.2) is 30.3 Å². The molecule has 1 fully saturated rings. The maximum atomic E-state index is 11.4. The zero-order valence-electron chi connectivity index (χ0n) is 10.3. The third-order valence-corrected chi connectivity index (χ3v) is 4.53. The lowest BCUT2D eigenvalue weighted by Gasteiger charge is -2.34. The maximum absolute atomic E-state index is 11.4. The summed E-state index contributed by atoms with van der Waals surface area (Å²) in [6.45, 7) is 1.64. The molecule has 0 radical (unpaired) electrons. The standard InChI is InChI=1S/C13H19N3OS/c14-13(15)10-12(11-4-2-1-3-5-11)16-6-8-18(17)9-7-16/h1-5,12H,6-10H2,(H3,14,15). The summed E-state index contributed by atoms with van der Waals surface area (Å²) in [6, 6.07) is 10.3. The fourth-order valence-electron chi connectivity index (χ4n) is 2.30. The second-order valence-corrected chi connectivity index (χ2v) is 6.24. The van der Waals surface area contributed by atoms with E-state index in [0.29, 0.717) is 6.42 Å². The van der Waals surface area contributed by atoms with Crippen molar-refractivity contribution in [1.29, 1.82) is 5.41 Å². The van der Waals surface area contributed by atoms with Gasteiger partial charge in [-0.2, -0.15) is 0 Å². The van der Waals surface area contributed by atoms with Crippen LogP contribution in [0.4, 0.5) is 0 Å². The molecule has 1 heterocycles. The number of nitrogens with one attached hydrogen (secondary N) is 1. The largest absolute Gasteiger partial charge is 0.388 e. The zero-order chi connectivity index (χ0) is 13.0. The van der Waals surface area contributed by atoms with Gasteiger partial charge in [-0.25, -0.2) is 0 Å². The summed E-state index contributed by atoms with van der Waals surface area (Å²) in [5, 5.41) is 7.52. The number of amidine groups is 1. The van der Waals surface area contributed by atoms with Crippen molar-refractivity contribution in [1.82, 2.24) is 4.90 Å². The van der Waals surface area contributed by atoms with Crippen LogP contribution in [0.5, 0.6) is 0 Å². The fraction of sp³-hybridized carbons (Fsp3) is 0.462. The molecule has 3 N–H and O–H groups in total. The Morgan fingerprint density at radius 2 is 1.94 bits per heavy atom. The minimum atomic E-state index is -0.673. The number of nitrogens with two attached hydrogens (primary N) is 1. The Morgan fingerprint density at radius 3 is 2.50 bits per heavy atom. The first kappa shape index (κ1) is 13.2. The quantitative estimate of drug-likeness (QED) is 0.633. The molecule has 0 aromatic heterocycles. The van der Waals surface area contributed by atoms with E-state index in [4.69, 9.17) is 11.1 Å². The highest BCUT2D eigenvalue weighted by Gasteiger charge is 2.24. The summed E-state index contributed by atoms with van der Waals surface area (Å²) in [7, 11) is -0.673. The molecule has 2 rings (SSSR count). The van der Waals surface area contributed by atoms with Crippen molar-refractivity contribution in [2.45, 2.75) is 12.5 Å². The monoisotopic (exact) mass is 265 g/mol. The second-order valence-electron chi connectivity index (χ2n) is 4.54. The van der Waals surface area contributed by atoms with Crippen LogP contribution in [0.3, 0.4) is 0 Å². The SMILES string of the molecule is N=C(N)CC(c1ccccc1)N1CCS(=O)CC1. The van der Waals surface area contributed by atoms with Gasteiger partial charge in [0, 0.05) is 47.9 Å². The molecule has 0 aliphatic carbocycles. The van der Waals surface area contributed by atoms with Crippen molar-refractivity contribution in [2.24, 2.45) is 5.73 Å². The van der Waals surface area contributed by atoms with E-state index in [1.807, 2.05) is 18.2 Å². The molecule has 1 aromatic carbocycles. The number of benzene rings is 1.